The lowest BCUT2D eigenvalue weighted by Crippen LogP contribution is -2.34. The number of carbonyl (C=O) groups excluding carboxylic acids is 1. The van der Waals surface area contributed by atoms with Gasteiger partial charge in [0, 0.05) is 13.1 Å². The minimum absolute atomic E-state index is 0.0106. The summed E-state index contributed by atoms with van der Waals surface area (Å²) < 4.78 is 0. The molecule has 1 heterocycles. The molecule has 2 fully saturated rings. The fourth-order valence-electron chi connectivity index (χ4n) is 2.85. The van der Waals surface area contributed by atoms with E-state index in [-0.39, 0.29) is 17.9 Å². The lowest BCUT2D eigenvalue weighted by atomic mass is 9.93. The summed E-state index contributed by atoms with van der Waals surface area (Å²) in [5.74, 6) is 0.731. The van der Waals surface area contributed by atoms with Crippen LogP contribution in [0.5, 0.6) is 0 Å². The van der Waals surface area contributed by atoms with Crippen LogP contribution in [0.3, 0.4) is 0 Å². The summed E-state index contributed by atoms with van der Waals surface area (Å²) in [6.45, 7) is 1.21. The van der Waals surface area contributed by atoms with Crippen molar-refractivity contribution in [1.82, 2.24) is 4.90 Å². The normalized spacial score (nSPS) is 25.2. The predicted octanol–water partition coefficient (Wildman–Crippen LogP) is 1.77. The molecule has 2 aliphatic rings. The molecule has 1 aromatic rings. The number of rotatable bonds is 3. The van der Waals surface area contributed by atoms with E-state index in [2.05, 4.69) is 0 Å². The van der Waals surface area contributed by atoms with E-state index in [1.807, 2.05) is 35.2 Å². The topological polar surface area (TPSA) is 40.5 Å². The molecular weight excluding hydrogens is 226 g/mol. The van der Waals surface area contributed by atoms with Gasteiger partial charge in [0.15, 0.2) is 0 Å². The standard InChI is InChI=1S/C15H19NO2/c17-13-8-9-16(10-13)15(18)14(12-6-7-12)11-4-2-1-3-5-11/h1-5,12-14,17H,6-10H2/t13-,14?/m0/s1. The van der Waals surface area contributed by atoms with Gasteiger partial charge in [-0.25, -0.2) is 0 Å². The number of amides is 1. The van der Waals surface area contributed by atoms with Crippen molar-refractivity contribution in [2.75, 3.05) is 13.1 Å². The smallest absolute Gasteiger partial charge is 0.230 e. The summed E-state index contributed by atoms with van der Waals surface area (Å²) in [5, 5.41) is 9.56. The fraction of sp³-hybridized carbons (Fsp3) is 0.533. The maximum atomic E-state index is 12.6. The lowest BCUT2D eigenvalue weighted by Gasteiger charge is -2.23. The Morgan fingerprint density at radius 3 is 2.50 bits per heavy atom. The Kier molecular flexibility index (Phi) is 3.08. The van der Waals surface area contributed by atoms with Gasteiger partial charge in [0.25, 0.3) is 0 Å². The van der Waals surface area contributed by atoms with Gasteiger partial charge in [-0.15, -0.1) is 0 Å². The number of aliphatic hydroxyl groups excluding tert-OH is 1. The maximum Gasteiger partial charge on any atom is 0.230 e. The third kappa shape index (κ3) is 2.27. The molecule has 1 saturated carbocycles. The molecule has 1 amide bonds. The van der Waals surface area contributed by atoms with Crippen molar-refractivity contribution < 1.29 is 9.90 Å². The van der Waals surface area contributed by atoms with Gasteiger partial charge >= 0.3 is 0 Å². The number of hydrogen-bond donors (Lipinski definition) is 1. The first-order chi connectivity index (χ1) is 8.75. The summed E-state index contributed by atoms with van der Waals surface area (Å²) in [6, 6.07) is 10.1. The van der Waals surface area contributed by atoms with Crippen molar-refractivity contribution in [1.29, 1.82) is 0 Å². The molecule has 1 unspecified atom stereocenters. The van der Waals surface area contributed by atoms with E-state index in [9.17, 15) is 9.90 Å². The minimum atomic E-state index is -0.329. The second-order valence-corrected chi connectivity index (χ2v) is 5.45. The fourth-order valence-corrected chi connectivity index (χ4v) is 2.85. The molecule has 0 radical (unpaired) electrons. The van der Waals surface area contributed by atoms with E-state index in [1.165, 1.54) is 0 Å². The molecule has 1 aliphatic heterocycles. The zero-order valence-corrected chi connectivity index (χ0v) is 10.5. The van der Waals surface area contributed by atoms with Gasteiger partial charge < -0.3 is 10.0 Å². The third-order valence-electron chi connectivity index (χ3n) is 3.99. The molecule has 1 saturated heterocycles. The number of carbonyl (C=O) groups is 1. The van der Waals surface area contributed by atoms with Crippen LogP contribution in [0.1, 0.15) is 30.7 Å². The van der Waals surface area contributed by atoms with Crippen molar-refractivity contribution in [2.24, 2.45) is 5.92 Å². The summed E-state index contributed by atoms with van der Waals surface area (Å²) >= 11 is 0. The van der Waals surface area contributed by atoms with E-state index in [1.54, 1.807) is 0 Å². The number of likely N-dealkylation sites (tertiary alicyclic amines) is 1. The Labute approximate surface area is 107 Å². The predicted molar refractivity (Wildman–Crippen MR) is 69.1 cm³/mol. The number of nitrogens with zero attached hydrogens (tertiary/aromatic N) is 1. The molecule has 3 heteroatoms. The maximum absolute atomic E-state index is 12.6. The second-order valence-electron chi connectivity index (χ2n) is 5.45. The molecule has 1 aliphatic carbocycles. The SMILES string of the molecule is O=C(C(c1ccccc1)C1CC1)N1CC[C@H](O)C1. The Hall–Kier alpha value is -1.35. The zero-order valence-electron chi connectivity index (χ0n) is 10.5. The molecule has 1 N–H and O–H groups in total. The number of aliphatic hydroxyl groups is 1. The van der Waals surface area contributed by atoms with Crippen molar-refractivity contribution in [3.63, 3.8) is 0 Å². The quantitative estimate of drug-likeness (QED) is 0.881. The average Bonchev–Trinajstić information content (AvgIpc) is 3.12. The van der Waals surface area contributed by atoms with Crippen LogP contribution >= 0.6 is 0 Å². The summed E-state index contributed by atoms with van der Waals surface area (Å²) in [6.07, 6.45) is 2.70. The third-order valence-corrected chi connectivity index (χ3v) is 3.99. The van der Waals surface area contributed by atoms with Crippen LogP contribution in [-0.2, 0) is 4.79 Å². The van der Waals surface area contributed by atoms with Crippen LogP contribution in [0.15, 0.2) is 30.3 Å². The highest BCUT2D eigenvalue weighted by atomic mass is 16.3. The van der Waals surface area contributed by atoms with Gasteiger partial charge in [-0.1, -0.05) is 30.3 Å². The van der Waals surface area contributed by atoms with E-state index < -0.39 is 0 Å². The Bertz CT molecular complexity index is 427. The Morgan fingerprint density at radius 1 is 1.22 bits per heavy atom. The van der Waals surface area contributed by atoms with Crippen LogP contribution in [0.4, 0.5) is 0 Å². The molecule has 96 valence electrons. The highest BCUT2D eigenvalue weighted by molar-refractivity contribution is 5.84. The van der Waals surface area contributed by atoms with Crippen LogP contribution in [0, 0.1) is 5.92 Å². The van der Waals surface area contributed by atoms with E-state index in [4.69, 9.17) is 0 Å². The van der Waals surface area contributed by atoms with Gasteiger partial charge in [0.2, 0.25) is 5.91 Å². The van der Waals surface area contributed by atoms with Gasteiger partial charge in [-0.05, 0) is 30.7 Å². The van der Waals surface area contributed by atoms with Crippen molar-refractivity contribution in [2.45, 2.75) is 31.3 Å². The molecule has 0 aromatic heterocycles. The van der Waals surface area contributed by atoms with Gasteiger partial charge in [-0.2, -0.15) is 0 Å². The average molecular weight is 245 g/mol. The lowest BCUT2D eigenvalue weighted by molar-refractivity contribution is -0.132. The molecule has 18 heavy (non-hydrogen) atoms. The number of hydrogen-bond acceptors (Lipinski definition) is 2. The Balaban J connectivity index is 1.80. The van der Waals surface area contributed by atoms with Crippen molar-refractivity contribution >= 4 is 5.91 Å². The van der Waals surface area contributed by atoms with Gasteiger partial charge in [-0.3, -0.25) is 4.79 Å². The van der Waals surface area contributed by atoms with E-state index >= 15 is 0 Å². The highest BCUT2D eigenvalue weighted by Gasteiger charge is 2.40. The first kappa shape index (κ1) is 11.7. The molecular formula is C15H19NO2. The number of β-amino-alcohol motifs (C(OH)–C–C–N with tert-alkyl or cyclic N) is 1. The first-order valence-electron chi connectivity index (χ1n) is 6.77. The molecule has 3 rings (SSSR count). The summed E-state index contributed by atoms with van der Waals surface area (Å²) in [4.78, 5) is 14.4. The molecule has 3 nitrogen and oxygen atoms in total. The van der Waals surface area contributed by atoms with Crippen LogP contribution < -0.4 is 0 Å². The molecule has 0 spiro atoms. The van der Waals surface area contributed by atoms with Crippen molar-refractivity contribution in [3.8, 4) is 0 Å². The van der Waals surface area contributed by atoms with E-state index in [0.29, 0.717) is 19.0 Å². The van der Waals surface area contributed by atoms with Crippen molar-refractivity contribution in [3.05, 3.63) is 35.9 Å². The van der Waals surface area contributed by atoms with Crippen LogP contribution in [0.2, 0.25) is 0 Å². The van der Waals surface area contributed by atoms with Crippen LogP contribution in [0.25, 0.3) is 0 Å². The molecule has 0 bridgehead atoms. The number of benzene rings is 1. The van der Waals surface area contributed by atoms with Crippen LogP contribution in [-0.4, -0.2) is 35.1 Å². The highest BCUT2D eigenvalue weighted by Crippen LogP contribution is 2.43. The zero-order chi connectivity index (χ0) is 12.5. The van der Waals surface area contributed by atoms with E-state index in [0.717, 1.165) is 24.8 Å². The van der Waals surface area contributed by atoms with Gasteiger partial charge in [0.1, 0.15) is 0 Å². The second kappa shape index (κ2) is 4.73. The largest absolute Gasteiger partial charge is 0.391 e. The molecule has 1 aromatic carbocycles. The van der Waals surface area contributed by atoms with Gasteiger partial charge in [0.05, 0.1) is 12.0 Å². The first-order valence-corrected chi connectivity index (χ1v) is 6.77. The minimum Gasteiger partial charge on any atom is -0.391 e. The Morgan fingerprint density at radius 2 is 1.94 bits per heavy atom. The summed E-state index contributed by atoms with van der Waals surface area (Å²) in [5.41, 5.74) is 1.13. The monoisotopic (exact) mass is 245 g/mol. The summed E-state index contributed by atoms with van der Waals surface area (Å²) in [7, 11) is 0. The molecule has 2 atom stereocenters.